The van der Waals surface area contributed by atoms with E-state index in [1.807, 2.05) is 18.2 Å². The van der Waals surface area contributed by atoms with E-state index in [2.05, 4.69) is 6.58 Å². The molecule has 0 saturated heterocycles. The van der Waals surface area contributed by atoms with Gasteiger partial charge in [0.2, 0.25) is 0 Å². The molecule has 1 unspecified atom stereocenters. The number of benzene rings is 4. The van der Waals surface area contributed by atoms with Crippen LogP contribution in [0.1, 0.15) is 118 Å². The Morgan fingerprint density at radius 1 is 0.450 bits per heavy atom. The fraction of sp³-hybridized carbons (Fsp3) is 0.276. The van der Waals surface area contributed by atoms with Crippen molar-refractivity contribution in [3.8, 4) is 23.0 Å². The van der Waals surface area contributed by atoms with Gasteiger partial charge in [-0.05, 0) is 107 Å². The molecule has 4 aromatic carbocycles. The molecular weight excluding hydrogens is 1130 g/mol. The SMILES string of the molecule is C=C(Cc1cc2sc(C(=O)CCC(=O)O)cc2cc1OC)Cc1cc2sc(C(=O)CCC(=O)O)c(COc3cc4cc(C(=O)CCC(=O)O)sc4cc3CS(=O)Cc3cc4sc(C(=O)CCC(=O)O)cc4cc3OC)c2cc1OC. The zero-order valence-corrected chi connectivity index (χ0v) is 47.5. The van der Waals surface area contributed by atoms with Gasteiger partial charge in [0.15, 0.2) is 23.1 Å². The van der Waals surface area contributed by atoms with Crippen molar-refractivity contribution in [3.63, 3.8) is 0 Å². The molecule has 1 atom stereocenters. The Balaban J connectivity index is 1.10. The second kappa shape index (κ2) is 25.7. The first-order valence-corrected chi connectivity index (χ1v) is 29.5. The van der Waals surface area contributed by atoms with Gasteiger partial charge >= 0.3 is 23.9 Å². The van der Waals surface area contributed by atoms with Gasteiger partial charge in [0, 0.05) is 77.4 Å². The molecule has 8 rings (SSSR count). The van der Waals surface area contributed by atoms with Gasteiger partial charge in [-0.3, -0.25) is 42.6 Å². The first-order valence-electron chi connectivity index (χ1n) is 24.7. The van der Waals surface area contributed by atoms with E-state index in [-0.39, 0.29) is 91.0 Å². The summed E-state index contributed by atoms with van der Waals surface area (Å²) in [5, 5.41) is 39.7. The Morgan fingerprint density at radius 2 is 0.812 bits per heavy atom. The molecule has 416 valence electrons. The minimum Gasteiger partial charge on any atom is -0.496 e. The Bertz CT molecular complexity index is 3850. The maximum atomic E-state index is 14.3. The van der Waals surface area contributed by atoms with Crippen LogP contribution in [0.15, 0.2) is 78.9 Å². The Morgan fingerprint density at radius 3 is 1.24 bits per heavy atom. The summed E-state index contributed by atoms with van der Waals surface area (Å²) in [6.45, 7) is 4.17. The number of fused-ring (bicyclic) bond motifs is 4. The molecule has 8 aromatic rings. The molecule has 0 saturated carbocycles. The smallest absolute Gasteiger partial charge is 0.303 e. The molecule has 0 aliphatic rings. The number of rotatable bonds is 30. The van der Waals surface area contributed by atoms with E-state index in [0.29, 0.717) is 91.7 Å². The Kier molecular flexibility index (Phi) is 18.8. The summed E-state index contributed by atoms with van der Waals surface area (Å²) >= 11 is 4.80. The molecule has 4 heterocycles. The zero-order chi connectivity index (χ0) is 57.5. The fourth-order valence-electron chi connectivity index (χ4n) is 9.04. The van der Waals surface area contributed by atoms with Gasteiger partial charge in [-0.25, -0.2) is 0 Å². The molecule has 0 spiro atoms. The number of Topliss-reactive ketones (excluding diaryl/α,β-unsaturated/α-hetero) is 4. The average molecular weight is 1180 g/mol. The summed E-state index contributed by atoms with van der Waals surface area (Å²) in [6, 6.07) is 19.5. The third-order valence-electron chi connectivity index (χ3n) is 13.0. The maximum absolute atomic E-state index is 14.3. The number of hydrogen-bond donors (Lipinski definition) is 4. The van der Waals surface area contributed by atoms with Crippen LogP contribution in [0, 0.1) is 0 Å². The van der Waals surface area contributed by atoms with Gasteiger partial charge in [-0.15, -0.1) is 45.3 Å². The number of ketones is 4. The number of carboxylic acid groups (broad SMARTS) is 4. The molecule has 0 aliphatic carbocycles. The van der Waals surface area contributed by atoms with Crippen molar-refractivity contribution < 1.29 is 81.9 Å². The number of hydrogen-bond acceptors (Lipinski definition) is 17. The Labute approximate surface area is 475 Å². The lowest BCUT2D eigenvalue weighted by Gasteiger charge is -2.15. The summed E-state index contributed by atoms with van der Waals surface area (Å²) in [6.07, 6.45) is -1.43. The fourth-order valence-corrected chi connectivity index (χ4v) is 14.7. The van der Waals surface area contributed by atoms with E-state index in [4.69, 9.17) is 29.2 Å². The highest BCUT2D eigenvalue weighted by Gasteiger charge is 2.25. The van der Waals surface area contributed by atoms with E-state index in [9.17, 15) is 52.8 Å². The number of thiophene rings is 4. The standard InChI is InChI=1S/C58H52O17S5/c1-29(13-30-18-47-32(15-43(30)72-2)20-51(76-47)39(59)5-9-54(63)64)14-31-19-50-37(25-45(31)74-4)38(58(79-50)42(62)8-12-57(69)70)26-75-46-17-34-22-53(41(61)7-11-56(67)68)78-49(34)24-36(46)28-80(71)27-35-23-48-33(16-44(35)73-3)21-52(77-48)40(60)6-10-55(65)66/h15-25H,1,5-14,26-28H2,2-4H3,(H,63,64)(H,65,66)(H,67,68)(H,69,70). The van der Waals surface area contributed by atoms with Crippen LogP contribution in [-0.2, 0) is 60.9 Å². The highest BCUT2D eigenvalue weighted by atomic mass is 32.2. The van der Waals surface area contributed by atoms with Crippen molar-refractivity contribution in [2.75, 3.05) is 21.3 Å². The summed E-state index contributed by atoms with van der Waals surface area (Å²) in [5.41, 5.74) is 3.85. The summed E-state index contributed by atoms with van der Waals surface area (Å²) < 4.78 is 41.2. The van der Waals surface area contributed by atoms with Gasteiger partial charge in [0.25, 0.3) is 0 Å². The highest BCUT2D eigenvalue weighted by molar-refractivity contribution is 7.83. The van der Waals surface area contributed by atoms with Crippen LogP contribution < -0.4 is 18.9 Å². The quantitative estimate of drug-likeness (QED) is 0.0241. The molecule has 4 N–H and O–H groups in total. The predicted molar refractivity (Wildman–Crippen MR) is 308 cm³/mol. The average Bonchev–Trinajstić information content (AvgIpc) is 4.22. The first-order chi connectivity index (χ1) is 38.2. The number of allylic oxidation sites excluding steroid dienone is 1. The minimum atomic E-state index is -1.65. The van der Waals surface area contributed by atoms with E-state index >= 15 is 0 Å². The maximum Gasteiger partial charge on any atom is 0.303 e. The van der Waals surface area contributed by atoms with Crippen LogP contribution in [0.2, 0.25) is 0 Å². The van der Waals surface area contributed by atoms with Crippen LogP contribution in [0.3, 0.4) is 0 Å². The van der Waals surface area contributed by atoms with Crippen molar-refractivity contribution in [2.45, 2.75) is 82.3 Å². The van der Waals surface area contributed by atoms with Crippen molar-refractivity contribution >= 4 is 144 Å². The minimum absolute atomic E-state index is 0.00406. The van der Waals surface area contributed by atoms with Crippen molar-refractivity contribution in [1.82, 2.24) is 0 Å². The lowest BCUT2D eigenvalue weighted by molar-refractivity contribution is -0.137. The summed E-state index contributed by atoms with van der Waals surface area (Å²) in [7, 11) is 2.87. The topological polar surface area (TPSA) is 271 Å². The number of methoxy groups -OCH3 is 3. The number of carbonyl (C=O) groups is 8. The second-order valence-corrected chi connectivity index (χ2v) is 24.5. The molecule has 0 amide bonds. The van der Waals surface area contributed by atoms with Gasteiger partial charge in [0.05, 0.1) is 78.0 Å². The number of ether oxygens (including phenoxy) is 4. The van der Waals surface area contributed by atoms with Crippen LogP contribution in [-0.4, -0.2) is 93.0 Å². The van der Waals surface area contributed by atoms with E-state index in [1.54, 1.807) is 55.6 Å². The molecule has 17 nitrogen and oxygen atoms in total. The van der Waals surface area contributed by atoms with Gasteiger partial charge in [-0.2, -0.15) is 0 Å². The normalized spacial score (nSPS) is 11.7. The van der Waals surface area contributed by atoms with Gasteiger partial charge in [0.1, 0.15) is 29.6 Å². The van der Waals surface area contributed by atoms with E-state index in [1.165, 1.54) is 48.2 Å². The van der Waals surface area contributed by atoms with Gasteiger partial charge < -0.3 is 39.4 Å². The van der Waals surface area contributed by atoms with Crippen LogP contribution in [0.4, 0.5) is 0 Å². The molecular formula is C58H52O17S5. The molecule has 80 heavy (non-hydrogen) atoms. The third-order valence-corrected chi connectivity index (χ3v) is 18.9. The molecule has 22 heteroatoms. The molecule has 4 aromatic heterocycles. The zero-order valence-electron chi connectivity index (χ0n) is 43.4. The predicted octanol–water partition coefficient (Wildman–Crippen LogP) is 12.1. The van der Waals surface area contributed by atoms with Crippen LogP contribution in [0.5, 0.6) is 23.0 Å². The highest BCUT2D eigenvalue weighted by Crippen LogP contribution is 2.42. The number of carboxylic acids is 4. The molecule has 0 fully saturated rings. The molecule has 0 aliphatic heterocycles. The van der Waals surface area contributed by atoms with Gasteiger partial charge in [-0.1, -0.05) is 12.2 Å². The first kappa shape index (κ1) is 58.5. The lowest BCUT2D eigenvalue weighted by Crippen LogP contribution is -2.07. The van der Waals surface area contributed by atoms with Crippen molar-refractivity contribution in [2.24, 2.45) is 0 Å². The second-order valence-electron chi connectivity index (χ2n) is 18.7. The van der Waals surface area contributed by atoms with Crippen LogP contribution >= 0.6 is 45.3 Å². The van der Waals surface area contributed by atoms with E-state index in [0.717, 1.165) is 38.1 Å². The Hall–Kier alpha value is -7.63. The summed E-state index contributed by atoms with van der Waals surface area (Å²) in [5.74, 6) is -4.08. The monoisotopic (exact) mass is 1180 g/mol. The largest absolute Gasteiger partial charge is 0.496 e. The van der Waals surface area contributed by atoms with E-state index < -0.39 is 46.9 Å². The lowest BCUT2D eigenvalue weighted by atomic mass is 9.97. The summed E-state index contributed by atoms with van der Waals surface area (Å²) in [4.78, 5) is 99.5. The van der Waals surface area contributed by atoms with Crippen molar-refractivity contribution in [1.29, 1.82) is 0 Å². The number of carbonyl (C=O) groups excluding carboxylic acids is 4. The third kappa shape index (κ3) is 14.0. The van der Waals surface area contributed by atoms with Crippen LogP contribution in [0.25, 0.3) is 40.3 Å². The molecule has 0 bridgehead atoms. The molecule has 0 radical (unpaired) electrons. The van der Waals surface area contributed by atoms with Crippen molar-refractivity contribution in [3.05, 3.63) is 126 Å². The number of aliphatic carboxylic acids is 4.